The summed E-state index contributed by atoms with van der Waals surface area (Å²) in [4.78, 5) is 15.2. The van der Waals surface area contributed by atoms with Gasteiger partial charge < -0.3 is 11.1 Å². The Morgan fingerprint density at radius 1 is 1.50 bits per heavy atom. The minimum atomic E-state index is 0.120. The summed E-state index contributed by atoms with van der Waals surface area (Å²) >= 11 is 1.67. The van der Waals surface area contributed by atoms with Gasteiger partial charge in [0, 0.05) is 4.88 Å². The van der Waals surface area contributed by atoms with Crippen molar-refractivity contribution in [3.05, 3.63) is 22.4 Å². The molecule has 0 aliphatic carbocycles. The monoisotopic (exact) mass is 267 g/mol. The average molecular weight is 267 g/mol. The molecule has 18 heavy (non-hydrogen) atoms. The van der Waals surface area contributed by atoms with Gasteiger partial charge >= 0.3 is 0 Å². The number of rotatable bonds is 5. The summed E-state index contributed by atoms with van der Waals surface area (Å²) in [6, 6.07) is 4.04. The molecule has 0 bridgehead atoms. The molecule has 1 aromatic heterocycles. The molecular formula is C13H21N3OS. The highest BCUT2D eigenvalue weighted by Crippen LogP contribution is 2.15. The molecule has 1 fully saturated rings. The van der Waals surface area contributed by atoms with Gasteiger partial charge in [0.1, 0.15) is 0 Å². The number of amides is 1. The van der Waals surface area contributed by atoms with Gasteiger partial charge in [-0.1, -0.05) is 6.07 Å². The van der Waals surface area contributed by atoms with Gasteiger partial charge in [-0.15, -0.1) is 11.3 Å². The summed E-state index contributed by atoms with van der Waals surface area (Å²) in [6.07, 6.45) is 2.24. The molecule has 1 amide bonds. The van der Waals surface area contributed by atoms with Gasteiger partial charge in [0.05, 0.1) is 13.1 Å². The Bertz CT molecular complexity index is 358. The number of nitrogens with two attached hydrogens (primary N) is 1. The number of hydrogen-bond donors (Lipinski definition) is 2. The number of nitrogens with zero attached hydrogens (tertiary/aromatic N) is 1. The van der Waals surface area contributed by atoms with Crippen molar-refractivity contribution < 1.29 is 4.79 Å². The maximum atomic E-state index is 11.8. The van der Waals surface area contributed by atoms with E-state index in [9.17, 15) is 4.79 Å². The zero-order chi connectivity index (χ0) is 12.8. The Balaban J connectivity index is 1.65. The van der Waals surface area contributed by atoms with E-state index in [0.717, 1.165) is 32.5 Å². The van der Waals surface area contributed by atoms with Gasteiger partial charge in [-0.2, -0.15) is 0 Å². The molecule has 0 unspecified atom stereocenters. The average Bonchev–Trinajstić information content (AvgIpc) is 2.90. The molecule has 0 atom stereocenters. The van der Waals surface area contributed by atoms with Crippen molar-refractivity contribution in [1.29, 1.82) is 0 Å². The number of nitrogens with one attached hydrogen (secondary N) is 1. The van der Waals surface area contributed by atoms with Crippen LogP contribution in [0.5, 0.6) is 0 Å². The van der Waals surface area contributed by atoms with Crippen molar-refractivity contribution in [3.63, 3.8) is 0 Å². The predicted octanol–water partition coefficient (Wildman–Crippen LogP) is 1.04. The maximum Gasteiger partial charge on any atom is 0.234 e. The highest BCUT2D eigenvalue weighted by Gasteiger charge is 2.19. The number of likely N-dealkylation sites (tertiary alicyclic amines) is 1. The molecule has 0 radical (unpaired) electrons. The number of carbonyl (C=O) groups excluding carboxylic acids is 1. The third-order valence-electron chi connectivity index (χ3n) is 3.45. The summed E-state index contributed by atoms with van der Waals surface area (Å²) in [6.45, 7) is 3.93. The summed E-state index contributed by atoms with van der Waals surface area (Å²) in [7, 11) is 0. The van der Waals surface area contributed by atoms with Crippen molar-refractivity contribution in [2.24, 2.45) is 11.7 Å². The number of thiophene rings is 1. The quantitative estimate of drug-likeness (QED) is 0.838. The third kappa shape index (κ3) is 4.08. The highest BCUT2D eigenvalue weighted by atomic mass is 32.1. The van der Waals surface area contributed by atoms with Crippen LogP contribution < -0.4 is 11.1 Å². The molecular weight excluding hydrogens is 246 g/mol. The standard InChI is InChI=1S/C13H21N3OS/c14-8-11-3-5-16(6-4-11)10-13(17)15-9-12-2-1-7-18-12/h1-2,7,11H,3-6,8-10,14H2,(H,15,17). The molecule has 2 rings (SSSR count). The zero-order valence-corrected chi connectivity index (χ0v) is 11.4. The molecule has 1 saturated heterocycles. The molecule has 0 saturated carbocycles. The summed E-state index contributed by atoms with van der Waals surface area (Å²) in [5, 5.41) is 4.99. The first-order chi connectivity index (χ1) is 8.78. The van der Waals surface area contributed by atoms with Gasteiger partial charge in [-0.3, -0.25) is 9.69 Å². The van der Waals surface area contributed by atoms with E-state index in [1.807, 2.05) is 17.5 Å². The Hall–Kier alpha value is -0.910. The van der Waals surface area contributed by atoms with Crippen molar-refractivity contribution in [1.82, 2.24) is 10.2 Å². The van der Waals surface area contributed by atoms with Crippen LogP contribution in [0.3, 0.4) is 0 Å². The van der Waals surface area contributed by atoms with E-state index in [1.165, 1.54) is 4.88 Å². The Kier molecular flexibility index (Phi) is 5.16. The second-order valence-electron chi connectivity index (χ2n) is 4.81. The molecule has 1 aliphatic heterocycles. The SMILES string of the molecule is NCC1CCN(CC(=O)NCc2cccs2)CC1. The van der Waals surface area contributed by atoms with Gasteiger partial charge in [0.15, 0.2) is 0 Å². The first kappa shape index (κ1) is 13.5. The van der Waals surface area contributed by atoms with Gasteiger partial charge in [0.2, 0.25) is 5.91 Å². The van der Waals surface area contributed by atoms with Crippen molar-refractivity contribution in [2.45, 2.75) is 19.4 Å². The molecule has 4 nitrogen and oxygen atoms in total. The molecule has 5 heteroatoms. The second-order valence-corrected chi connectivity index (χ2v) is 5.84. The van der Waals surface area contributed by atoms with Crippen LogP contribution in [-0.2, 0) is 11.3 Å². The van der Waals surface area contributed by atoms with E-state index in [-0.39, 0.29) is 5.91 Å². The van der Waals surface area contributed by atoms with Crippen LogP contribution in [0.1, 0.15) is 17.7 Å². The first-order valence-electron chi connectivity index (χ1n) is 6.49. The van der Waals surface area contributed by atoms with E-state index in [0.29, 0.717) is 19.0 Å². The van der Waals surface area contributed by atoms with E-state index in [4.69, 9.17) is 5.73 Å². The third-order valence-corrected chi connectivity index (χ3v) is 4.32. The molecule has 3 N–H and O–H groups in total. The van der Waals surface area contributed by atoms with E-state index >= 15 is 0 Å². The Labute approximate surface area is 112 Å². The molecule has 0 spiro atoms. The van der Waals surface area contributed by atoms with Crippen LogP contribution in [0.25, 0.3) is 0 Å². The highest BCUT2D eigenvalue weighted by molar-refractivity contribution is 7.09. The predicted molar refractivity (Wildman–Crippen MR) is 74.4 cm³/mol. The van der Waals surface area contributed by atoms with Crippen LogP contribution in [0.15, 0.2) is 17.5 Å². The van der Waals surface area contributed by atoms with E-state index < -0.39 is 0 Å². The fourth-order valence-electron chi connectivity index (χ4n) is 2.24. The first-order valence-corrected chi connectivity index (χ1v) is 7.37. The van der Waals surface area contributed by atoms with Crippen molar-refractivity contribution in [3.8, 4) is 0 Å². The fourth-order valence-corrected chi connectivity index (χ4v) is 2.88. The Morgan fingerprint density at radius 2 is 2.28 bits per heavy atom. The fraction of sp³-hybridized carbons (Fsp3) is 0.615. The Morgan fingerprint density at radius 3 is 2.89 bits per heavy atom. The summed E-state index contributed by atoms with van der Waals surface area (Å²) in [5.74, 6) is 0.769. The number of carbonyl (C=O) groups is 1. The zero-order valence-electron chi connectivity index (χ0n) is 10.6. The van der Waals surface area contributed by atoms with Gasteiger partial charge in [0.25, 0.3) is 0 Å². The van der Waals surface area contributed by atoms with Crippen molar-refractivity contribution in [2.75, 3.05) is 26.2 Å². The molecule has 100 valence electrons. The number of hydrogen-bond acceptors (Lipinski definition) is 4. The largest absolute Gasteiger partial charge is 0.350 e. The minimum Gasteiger partial charge on any atom is -0.350 e. The smallest absolute Gasteiger partial charge is 0.234 e. The van der Waals surface area contributed by atoms with Crippen LogP contribution in [0.2, 0.25) is 0 Å². The maximum absolute atomic E-state index is 11.8. The lowest BCUT2D eigenvalue weighted by Gasteiger charge is -2.30. The molecule has 1 aliphatic rings. The summed E-state index contributed by atoms with van der Waals surface area (Å²) < 4.78 is 0. The van der Waals surface area contributed by atoms with Crippen LogP contribution in [-0.4, -0.2) is 37.0 Å². The van der Waals surface area contributed by atoms with Crippen molar-refractivity contribution >= 4 is 17.2 Å². The minimum absolute atomic E-state index is 0.120. The summed E-state index contributed by atoms with van der Waals surface area (Å²) in [5.41, 5.74) is 5.66. The lowest BCUT2D eigenvalue weighted by atomic mass is 9.97. The lowest BCUT2D eigenvalue weighted by Crippen LogP contribution is -2.42. The van der Waals surface area contributed by atoms with Gasteiger partial charge in [-0.25, -0.2) is 0 Å². The molecule has 0 aromatic carbocycles. The molecule has 2 heterocycles. The van der Waals surface area contributed by atoms with Crippen LogP contribution in [0.4, 0.5) is 0 Å². The van der Waals surface area contributed by atoms with E-state index in [1.54, 1.807) is 11.3 Å². The van der Waals surface area contributed by atoms with Crippen LogP contribution in [0, 0.1) is 5.92 Å². The van der Waals surface area contributed by atoms with Crippen LogP contribution >= 0.6 is 11.3 Å². The topological polar surface area (TPSA) is 58.4 Å². The molecule has 1 aromatic rings. The normalized spacial score (nSPS) is 17.8. The number of piperidine rings is 1. The van der Waals surface area contributed by atoms with Gasteiger partial charge in [-0.05, 0) is 49.8 Å². The van der Waals surface area contributed by atoms with E-state index in [2.05, 4.69) is 10.2 Å². The second kappa shape index (κ2) is 6.87. The lowest BCUT2D eigenvalue weighted by molar-refractivity contribution is -0.122.